The summed E-state index contributed by atoms with van der Waals surface area (Å²) < 4.78 is 29.8. The van der Waals surface area contributed by atoms with Crippen molar-refractivity contribution in [3.63, 3.8) is 0 Å². The highest BCUT2D eigenvalue weighted by atomic mass is 32.2. The zero-order valence-electron chi connectivity index (χ0n) is 12.2. The number of piperazine rings is 1. The van der Waals surface area contributed by atoms with Gasteiger partial charge in [0.1, 0.15) is 6.26 Å². The quantitative estimate of drug-likeness (QED) is 0.840. The minimum absolute atomic E-state index is 0.397. The van der Waals surface area contributed by atoms with Gasteiger partial charge in [-0.2, -0.15) is 9.29 Å². The molecule has 0 unspecified atom stereocenters. The van der Waals surface area contributed by atoms with Crippen LogP contribution in [0.1, 0.15) is 19.5 Å². The van der Waals surface area contributed by atoms with Crippen molar-refractivity contribution < 1.29 is 12.8 Å². The third kappa shape index (κ3) is 3.94. The van der Waals surface area contributed by atoms with E-state index in [0.717, 1.165) is 5.69 Å². The van der Waals surface area contributed by atoms with Crippen molar-refractivity contribution in [1.82, 2.24) is 14.6 Å². The van der Waals surface area contributed by atoms with Gasteiger partial charge in [0, 0.05) is 38.8 Å². The van der Waals surface area contributed by atoms with E-state index in [1.807, 2.05) is 4.90 Å². The molecule has 0 bridgehead atoms. The monoisotopic (exact) mass is 302 g/mol. The molecule has 20 heavy (non-hydrogen) atoms. The molecule has 0 saturated carbocycles. The van der Waals surface area contributed by atoms with Crippen molar-refractivity contribution in [2.75, 3.05) is 37.3 Å². The Morgan fingerprint density at radius 3 is 2.55 bits per heavy atom. The first-order valence-electron chi connectivity index (χ1n) is 6.74. The van der Waals surface area contributed by atoms with Crippen LogP contribution in [0.3, 0.4) is 0 Å². The number of nitrogens with zero attached hydrogens (tertiary/aromatic N) is 3. The van der Waals surface area contributed by atoms with Gasteiger partial charge in [-0.25, -0.2) is 8.42 Å². The second kappa shape index (κ2) is 6.11. The number of sulfonamides is 1. The molecule has 1 aliphatic rings. The lowest BCUT2D eigenvalue weighted by Crippen LogP contribution is -2.48. The lowest BCUT2D eigenvalue weighted by molar-refractivity contribution is 0.374. The maximum absolute atomic E-state index is 11.4. The van der Waals surface area contributed by atoms with Crippen LogP contribution < -0.4 is 10.2 Å². The largest absolute Gasteiger partial charge is 0.432 e. The topological polar surface area (TPSA) is 78.7 Å². The number of oxazole rings is 1. The van der Waals surface area contributed by atoms with E-state index in [1.54, 1.807) is 6.26 Å². The van der Waals surface area contributed by atoms with Gasteiger partial charge < -0.3 is 14.6 Å². The van der Waals surface area contributed by atoms with E-state index in [0.29, 0.717) is 44.8 Å². The van der Waals surface area contributed by atoms with Crippen molar-refractivity contribution in [3.8, 4) is 0 Å². The van der Waals surface area contributed by atoms with Gasteiger partial charge in [-0.1, -0.05) is 13.8 Å². The van der Waals surface area contributed by atoms with Gasteiger partial charge in [0.05, 0.1) is 11.9 Å². The smallest absolute Gasteiger partial charge is 0.297 e. The highest BCUT2D eigenvalue weighted by Gasteiger charge is 2.25. The average molecular weight is 302 g/mol. The number of anilines is 1. The van der Waals surface area contributed by atoms with E-state index < -0.39 is 10.0 Å². The molecule has 1 aromatic rings. The van der Waals surface area contributed by atoms with E-state index in [-0.39, 0.29) is 0 Å². The summed E-state index contributed by atoms with van der Waals surface area (Å²) in [5.41, 5.74) is 0.860. The van der Waals surface area contributed by atoms with Gasteiger partial charge in [-0.15, -0.1) is 0 Å². The fourth-order valence-corrected chi connectivity index (χ4v) is 2.87. The third-order valence-corrected chi connectivity index (χ3v) is 4.51. The molecule has 1 saturated heterocycles. The van der Waals surface area contributed by atoms with Crippen molar-refractivity contribution in [2.45, 2.75) is 26.4 Å². The molecule has 0 aliphatic carbocycles. The van der Waals surface area contributed by atoms with Crippen molar-refractivity contribution >= 4 is 16.0 Å². The van der Waals surface area contributed by atoms with Crippen LogP contribution in [-0.4, -0.2) is 56.2 Å². The number of aromatic nitrogens is 1. The first-order valence-corrected chi connectivity index (χ1v) is 8.59. The zero-order chi connectivity index (χ0) is 14.8. The molecule has 0 spiro atoms. The number of hydrogen-bond acceptors (Lipinski definition) is 6. The van der Waals surface area contributed by atoms with Crippen molar-refractivity contribution in [2.24, 2.45) is 0 Å². The summed E-state index contributed by atoms with van der Waals surface area (Å²) in [5.74, 6) is 0. The van der Waals surface area contributed by atoms with Crippen LogP contribution in [-0.2, 0) is 16.6 Å². The van der Waals surface area contributed by atoms with E-state index in [9.17, 15) is 8.42 Å². The molecule has 0 amide bonds. The lowest BCUT2D eigenvalue weighted by Gasteiger charge is -2.32. The van der Waals surface area contributed by atoms with Crippen LogP contribution in [0.2, 0.25) is 0 Å². The Balaban J connectivity index is 1.91. The number of nitrogens with one attached hydrogen (secondary N) is 1. The second-order valence-electron chi connectivity index (χ2n) is 5.31. The fraction of sp³-hybridized carbons (Fsp3) is 0.750. The highest BCUT2D eigenvalue weighted by Crippen LogP contribution is 2.16. The van der Waals surface area contributed by atoms with E-state index in [1.165, 1.54) is 10.6 Å². The molecule has 1 aliphatic heterocycles. The molecular weight excluding hydrogens is 280 g/mol. The van der Waals surface area contributed by atoms with Crippen LogP contribution in [0.15, 0.2) is 10.7 Å². The standard InChI is InChI=1S/C12H22N4O3S/c1-10(2)13-8-11-9-19-12(14-11)15-4-6-16(7-5-15)20(3,17)18/h9-10,13H,4-8H2,1-3H3. The van der Waals surface area contributed by atoms with Gasteiger partial charge in [-0.3, -0.25) is 0 Å². The maximum Gasteiger partial charge on any atom is 0.297 e. The van der Waals surface area contributed by atoms with E-state index >= 15 is 0 Å². The molecule has 2 rings (SSSR count). The molecule has 0 radical (unpaired) electrons. The summed E-state index contributed by atoms with van der Waals surface area (Å²) in [7, 11) is -3.10. The first kappa shape index (κ1) is 15.3. The van der Waals surface area contributed by atoms with Gasteiger partial charge in [0.2, 0.25) is 10.0 Å². The van der Waals surface area contributed by atoms with E-state index in [4.69, 9.17) is 4.42 Å². The predicted molar refractivity (Wildman–Crippen MR) is 77.1 cm³/mol. The molecule has 7 nitrogen and oxygen atoms in total. The Labute approximate surface area is 120 Å². The molecule has 0 aromatic carbocycles. The first-order chi connectivity index (χ1) is 9.36. The van der Waals surface area contributed by atoms with Crippen molar-refractivity contribution in [3.05, 3.63) is 12.0 Å². The Bertz CT molecular complexity index is 533. The molecule has 1 N–H and O–H groups in total. The van der Waals surface area contributed by atoms with Crippen LogP contribution in [0.5, 0.6) is 0 Å². The van der Waals surface area contributed by atoms with Gasteiger partial charge >= 0.3 is 0 Å². The average Bonchev–Trinajstić information content (AvgIpc) is 2.84. The Kier molecular flexibility index (Phi) is 4.66. The predicted octanol–water partition coefficient (Wildman–Crippen LogP) is 0.254. The summed E-state index contributed by atoms with van der Waals surface area (Å²) >= 11 is 0. The fourth-order valence-electron chi connectivity index (χ4n) is 2.04. The molecule has 1 fully saturated rings. The summed E-state index contributed by atoms with van der Waals surface area (Å²) in [4.78, 5) is 6.39. The molecule has 0 atom stereocenters. The molecule has 1 aromatic heterocycles. The number of rotatable bonds is 5. The van der Waals surface area contributed by atoms with Crippen LogP contribution >= 0.6 is 0 Å². The Morgan fingerprint density at radius 2 is 2.00 bits per heavy atom. The molecular formula is C12H22N4O3S. The molecule has 114 valence electrons. The molecule has 8 heteroatoms. The highest BCUT2D eigenvalue weighted by molar-refractivity contribution is 7.88. The Hall–Kier alpha value is -1.12. The summed E-state index contributed by atoms with van der Waals surface area (Å²) in [6, 6.07) is 0.965. The SMILES string of the molecule is CC(C)NCc1coc(N2CCN(S(C)(=O)=O)CC2)n1. The third-order valence-electron chi connectivity index (χ3n) is 3.21. The minimum atomic E-state index is -3.10. The number of hydrogen-bond donors (Lipinski definition) is 1. The van der Waals surface area contributed by atoms with Crippen LogP contribution in [0.4, 0.5) is 6.01 Å². The van der Waals surface area contributed by atoms with E-state index in [2.05, 4.69) is 24.1 Å². The Morgan fingerprint density at radius 1 is 1.35 bits per heavy atom. The van der Waals surface area contributed by atoms with Crippen LogP contribution in [0, 0.1) is 0 Å². The van der Waals surface area contributed by atoms with Gasteiger partial charge in [0.25, 0.3) is 6.01 Å². The lowest BCUT2D eigenvalue weighted by atomic mass is 10.3. The van der Waals surface area contributed by atoms with Crippen LogP contribution in [0.25, 0.3) is 0 Å². The zero-order valence-corrected chi connectivity index (χ0v) is 13.0. The second-order valence-corrected chi connectivity index (χ2v) is 7.29. The van der Waals surface area contributed by atoms with Gasteiger partial charge in [0.15, 0.2) is 0 Å². The molecule has 2 heterocycles. The normalized spacial score (nSPS) is 17.9. The summed E-state index contributed by atoms with van der Waals surface area (Å²) in [6.07, 6.45) is 2.89. The maximum atomic E-state index is 11.4. The minimum Gasteiger partial charge on any atom is -0.432 e. The summed E-state index contributed by atoms with van der Waals surface area (Å²) in [6.45, 7) is 6.97. The van der Waals surface area contributed by atoms with Crippen molar-refractivity contribution in [1.29, 1.82) is 0 Å². The summed E-state index contributed by atoms with van der Waals surface area (Å²) in [5, 5.41) is 3.28. The van der Waals surface area contributed by atoms with Gasteiger partial charge in [-0.05, 0) is 0 Å².